The molecular formula is C14H19NO5. The maximum atomic E-state index is 11.3. The summed E-state index contributed by atoms with van der Waals surface area (Å²) in [7, 11) is 1.48. The quantitative estimate of drug-likeness (QED) is 0.745. The predicted octanol–water partition coefficient (Wildman–Crippen LogP) is 1.09. The number of hydrogen-bond donors (Lipinski definition) is 2. The number of methoxy groups -OCH3 is 1. The normalized spacial score (nSPS) is 10.1. The Labute approximate surface area is 117 Å². The summed E-state index contributed by atoms with van der Waals surface area (Å²) in [5, 5.41) is 11.6. The van der Waals surface area contributed by atoms with E-state index in [-0.39, 0.29) is 18.1 Å². The van der Waals surface area contributed by atoms with E-state index in [2.05, 4.69) is 5.32 Å². The van der Waals surface area contributed by atoms with Gasteiger partial charge in [-0.3, -0.25) is 4.79 Å². The van der Waals surface area contributed by atoms with Gasteiger partial charge >= 0.3 is 5.97 Å². The third kappa shape index (κ3) is 4.89. The van der Waals surface area contributed by atoms with Crippen LogP contribution in [0.15, 0.2) is 18.2 Å². The second-order valence-corrected chi connectivity index (χ2v) is 4.07. The number of carboxylic acids is 1. The second kappa shape index (κ2) is 8.16. The summed E-state index contributed by atoms with van der Waals surface area (Å²) < 4.78 is 10.1. The number of benzene rings is 1. The van der Waals surface area contributed by atoms with Gasteiger partial charge in [0.25, 0.3) is 0 Å². The zero-order valence-corrected chi connectivity index (χ0v) is 11.6. The molecule has 6 nitrogen and oxygen atoms in total. The molecule has 1 aromatic carbocycles. The van der Waals surface area contributed by atoms with Crippen LogP contribution in [-0.4, -0.2) is 43.9 Å². The maximum absolute atomic E-state index is 11.3. The van der Waals surface area contributed by atoms with E-state index in [0.29, 0.717) is 25.3 Å². The van der Waals surface area contributed by atoms with Gasteiger partial charge in [-0.25, -0.2) is 4.79 Å². The molecule has 6 heteroatoms. The first-order valence-corrected chi connectivity index (χ1v) is 6.33. The van der Waals surface area contributed by atoms with Crippen LogP contribution in [0.1, 0.15) is 22.8 Å². The van der Waals surface area contributed by atoms with Crippen molar-refractivity contribution in [1.82, 2.24) is 5.32 Å². The van der Waals surface area contributed by atoms with Crippen molar-refractivity contribution in [3.63, 3.8) is 0 Å². The van der Waals surface area contributed by atoms with Gasteiger partial charge in [0.1, 0.15) is 12.4 Å². The largest absolute Gasteiger partial charge is 0.496 e. The van der Waals surface area contributed by atoms with E-state index in [4.69, 9.17) is 14.6 Å². The van der Waals surface area contributed by atoms with Crippen LogP contribution in [0.3, 0.4) is 0 Å². The monoisotopic (exact) mass is 281 g/mol. The fourth-order valence-electron chi connectivity index (χ4n) is 1.67. The average molecular weight is 281 g/mol. The van der Waals surface area contributed by atoms with Gasteiger partial charge in [-0.2, -0.15) is 0 Å². The standard InChI is InChI=1S/C14H19NO5/c1-3-20-9-13(16)15-7-6-10-4-5-11(14(17)18)8-12(10)19-2/h4-5,8H,3,6-7,9H2,1-2H3,(H,15,16)(H,17,18). The first-order chi connectivity index (χ1) is 9.58. The summed E-state index contributed by atoms with van der Waals surface area (Å²) in [5.41, 5.74) is 1.01. The SMILES string of the molecule is CCOCC(=O)NCCc1ccc(C(=O)O)cc1OC. The summed E-state index contributed by atoms with van der Waals surface area (Å²) in [6.45, 7) is 2.81. The summed E-state index contributed by atoms with van der Waals surface area (Å²) in [6, 6.07) is 4.68. The fourth-order valence-corrected chi connectivity index (χ4v) is 1.67. The highest BCUT2D eigenvalue weighted by Gasteiger charge is 2.09. The highest BCUT2D eigenvalue weighted by molar-refractivity contribution is 5.88. The molecule has 0 atom stereocenters. The second-order valence-electron chi connectivity index (χ2n) is 4.07. The van der Waals surface area contributed by atoms with Crippen LogP contribution in [-0.2, 0) is 16.0 Å². The molecule has 0 aromatic heterocycles. The van der Waals surface area contributed by atoms with Crippen LogP contribution in [0.5, 0.6) is 5.75 Å². The average Bonchev–Trinajstić information content (AvgIpc) is 2.45. The third-order valence-corrected chi connectivity index (χ3v) is 2.69. The van der Waals surface area contributed by atoms with E-state index in [9.17, 15) is 9.59 Å². The van der Waals surface area contributed by atoms with Crippen LogP contribution in [0.2, 0.25) is 0 Å². The maximum Gasteiger partial charge on any atom is 0.335 e. The van der Waals surface area contributed by atoms with Crippen molar-refractivity contribution in [3.05, 3.63) is 29.3 Å². The third-order valence-electron chi connectivity index (χ3n) is 2.69. The molecule has 1 amide bonds. The number of amides is 1. The lowest BCUT2D eigenvalue weighted by Crippen LogP contribution is -2.29. The van der Waals surface area contributed by atoms with E-state index >= 15 is 0 Å². The van der Waals surface area contributed by atoms with Crippen LogP contribution < -0.4 is 10.1 Å². The minimum atomic E-state index is -1.00. The molecule has 0 radical (unpaired) electrons. The van der Waals surface area contributed by atoms with Gasteiger partial charge in [-0.1, -0.05) is 6.07 Å². The Balaban J connectivity index is 2.55. The van der Waals surface area contributed by atoms with Crippen molar-refractivity contribution in [1.29, 1.82) is 0 Å². The molecule has 2 N–H and O–H groups in total. The lowest BCUT2D eigenvalue weighted by atomic mass is 10.1. The number of carbonyl (C=O) groups excluding carboxylic acids is 1. The van der Waals surface area contributed by atoms with Crippen molar-refractivity contribution < 1.29 is 24.2 Å². The lowest BCUT2D eigenvalue weighted by Gasteiger charge is -2.10. The van der Waals surface area contributed by atoms with Gasteiger partial charge in [0.15, 0.2) is 0 Å². The molecule has 0 aliphatic rings. The molecule has 1 aromatic rings. The number of hydrogen-bond acceptors (Lipinski definition) is 4. The van der Waals surface area contributed by atoms with Crippen molar-refractivity contribution >= 4 is 11.9 Å². The van der Waals surface area contributed by atoms with Gasteiger partial charge in [-0.15, -0.1) is 0 Å². The number of carboxylic acid groups (broad SMARTS) is 1. The van der Waals surface area contributed by atoms with Crippen LogP contribution >= 0.6 is 0 Å². The predicted molar refractivity (Wildman–Crippen MR) is 73.2 cm³/mol. The first-order valence-electron chi connectivity index (χ1n) is 6.33. The minimum absolute atomic E-state index is 0.0472. The van der Waals surface area contributed by atoms with Crippen LogP contribution in [0.4, 0.5) is 0 Å². The van der Waals surface area contributed by atoms with E-state index in [1.807, 2.05) is 6.92 Å². The zero-order valence-electron chi connectivity index (χ0n) is 11.6. The van der Waals surface area contributed by atoms with Crippen LogP contribution in [0.25, 0.3) is 0 Å². The van der Waals surface area contributed by atoms with E-state index in [1.54, 1.807) is 6.07 Å². The number of ether oxygens (including phenoxy) is 2. The minimum Gasteiger partial charge on any atom is -0.496 e. The molecule has 0 bridgehead atoms. The number of carbonyl (C=O) groups is 2. The summed E-state index contributed by atoms with van der Waals surface area (Å²) in [5.74, 6) is -0.670. The number of rotatable bonds is 8. The van der Waals surface area contributed by atoms with Crippen molar-refractivity contribution in [2.75, 3.05) is 26.9 Å². The Morgan fingerprint density at radius 2 is 2.10 bits per heavy atom. The van der Waals surface area contributed by atoms with Gasteiger partial charge < -0.3 is 19.9 Å². The molecular weight excluding hydrogens is 262 g/mol. The number of nitrogens with one attached hydrogen (secondary N) is 1. The Morgan fingerprint density at radius 1 is 1.35 bits per heavy atom. The summed E-state index contributed by atoms with van der Waals surface area (Å²) >= 11 is 0. The Hall–Kier alpha value is -2.08. The summed E-state index contributed by atoms with van der Waals surface area (Å²) in [4.78, 5) is 22.2. The Morgan fingerprint density at radius 3 is 2.70 bits per heavy atom. The Kier molecular flexibility index (Phi) is 6.52. The molecule has 0 fully saturated rings. The van der Waals surface area contributed by atoms with Gasteiger partial charge in [0.2, 0.25) is 5.91 Å². The molecule has 0 aliphatic carbocycles. The lowest BCUT2D eigenvalue weighted by molar-refractivity contribution is -0.125. The van der Waals surface area contributed by atoms with Gasteiger partial charge in [-0.05, 0) is 31.0 Å². The smallest absolute Gasteiger partial charge is 0.335 e. The van der Waals surface area contributed by atoms with Crippen molar-refractivity contribution in [2.45, 2.75) is 13.3 Å². The molecule has 0 spiro atoms. The summed E-state index contributed by atoms with van der Waals surface area (Å²) in [6.07, 6.45) is 0.556. The molecule has 0 heterocycles. The highest BCUT2D eigenvalue weighted by atomic mass is 16.5. The van der Waals surface area contributed by atoms with Gasteiger partial charge in [0, 0.05) is 13.2 Å². The first kappa shape index (κ1) is 16.0. The van der Waals surface area contributed by atoms with E-state index in [1.165, 1.54) is 19.2 Å². The zero-order chi connectivity index (χ0) is 15.0. The molecule has 0 saturated heterocycles. The highest BCUT2D eigenvalue weighted by Crippen LogP contribution is 2.20. The van der Waals surface area contributed by atoms with Crippen molar-refractivity contribution in [2.24, 2.45) is 0 Å². The number of aromatic carboxylic acids is 1. The molecule has 0 unspecified atom stereocenters. The molecule has 20 heavy (non-hydrogen) atoms. The Bertz CT molecular complexity index is 473. The molecule has 1 rings (SSSR count). The fraction of sp³-hybridized carbons (Fsp3) is 0.429. The topological polar surface area (TPSA) is 84.9 Å². The molecule has 0 aliphatic heterocycles. The van der Waals surface area contributed by atoms with Crippen molar-refractivity contribution in [3.8, 4) is 5.75 Å². The van der Waals surface area contributed by atoms with E-state index < -0.39 is 5.97 Å². The van der Waals surface area contributed by atoms with Gasteiger partial charge in [0.05, 0.1) is 12.7 Å². The van der Waals surface area contributed by atoms with Crippen LogP contribution in [0, 0.1) is 0 Å². The molecule has 0 saturated carbocycles. The molecule has 110 valence electrons. The van der Waals surface area contributed by atoms with E-state index in [0.717, 1.165) is 5.56 Å².